The zero-order chi connectivity index (χ0) is 21.0. The molecular weight excluding hydrogens is 408 g/mol. The first-order chi connectivity index (χ1) is 15.3. The molecule has 3 heterocycles. The van der Waals surface area contributed by atoms with Crippen LogP contribution in [0.25, 0.3) is 27.5 Å². The molecule has 0 radical (unpaired) electrons. The first-order valence-corrected chi connectivity index (χ1v) is 10.6. The molecule has 0 atom stereocenters. The van der Waals surface area contributed by atoms with Crippen LogP contribution in [0.15, 0.2) is 84.6 Å². The molecule has 0 aliphatic heterocycles. The predicted octanol–water partition coefficient (Wildman–Crippen LogP) is 4.32. The summed E-state index contributed by atoms with van der Waals surface area (Å²) in [7, 11) is 0. The average molecular weight is 427 g/mol. The molecule has 152 valence electrons. The van der Waals surface area contributed by atoms with Gasteiger partial charge in [0.15, 0.2) is 0 Å². The molecule has 2 N–H and O–H groups in total. The highest BCUT2D eigenvalue weighted by atomic mass is 32.1. The quantitative estimate of drug-likeness (QED) is 0.423. The number of benzene rings is 2. The molecule has 5 aromatic rings. The normalized spacial score (nSPS) is 10.8. The molecule has 8 heteroatoms. The van der Waals surface area contributed by atoms with Gasteiger partial charge in [0.05, 0.1) is 17.6 Å². The summed E-state index contributed by atoms with van der Waals surface area (Å²) < 4.78 is 1.80. The van der Waals surface area contributed by atoms with Gasteiger partial charge in [0.1, 0.15) is 10.7 Å². The Balaban J connectivity index is 1.23. The lowest BCUT2D eigenvalue weighted by Gasteiger charge is -2.05. The Labute approximate surface area is 182 Å². The van der Waals surface area contributed by atoms with Gasteiger partial charge in [0.25, 0.3) is 5.91 Å². The summed E-state index contributed by atoms with van der Waals surface area (Å²) in [6.07, 6.45) is 5.39. The molecule has 3 aromatic heterocycles. The first kappa shape index (κ1) is 19.0. The molecule has 0 saturated heterocycles. The van der Waals surface area contributed by atoms with Gasteiger partial charge in [-0.1, -0.05) is 42.5 Å². The lowest BCUT2D eigenvalue weighted by molar-refractivity contribution is 0.0946. The van der Waals surface area contributed by atoms with E-state index in [4.69, 9.17) is 0 Å². The summed E-state index contributed by atoms with van der Waals surface area (Å²) in [6.45, 7) is 0.431. The minimum Gasteiger partial charge on any atom is -0.347 e. The van der Waals surface area contributed by atoms with Crippen LogP contribution in [0, 0.1) is 0 Å². The second kappa shape index (κ2) is 8.37. The predicted molar refractivity (Wildman–Crippen MR) is 120 cm³/mol. The number of rotatable bonds is 6. The third kappa shape index (κ3) is 4.15. The van der Waals surface area contributed by atoms with Crippen molar-refractivity contribution >= 4 is 17.2 Å². The molecule has 31 heavy (non-hydrogen) atoms. The Morgan fingerprint density at radius 2 is 1.87 bits per heavy atom. The van der Waals surface area contributed by atoms with Crippen LogP contribution in [-0.4, -0.2) is 30.9 Å². The van der Waals surface area contributed by atoms with Crippen molar-refractivity contribution in [3.63, 3.8) is 0 Å². The summed E-state index contributed by atoms with van der Waals surface area (Å²) in [5.41, 5.74) is 5.27. The summed E-state index contributed by atoms with van der Waals surface area (Å²) in [5, 5.41) is 16.8. The van der Waals surface area contributed by atoms with Gasteiger partial charge in [0, 0.05) is 29.9 Å². The monoisotopic (exact) mass is 426 g/mol. The lowest BCUT2D eigenvalue weighted by Crippen LogP contribution is -2.23. The number of H-pyrrole nitrogens is 1. The standard InChI is InChI=1S/C23H18N6OS/c30-22(24-12-16-6-8-17(9-7-16)20-10-11-25-28-20)21-15-31-23(27-21)18-13-26-29(14-18)19-4-2-1-3-5-19/h1-11,13-15H,12H2,(H,24,30)(H,25,28). The zero-order valence-corrected chi connectivity index (χ0v) is 17.2. The van der Waals surface area contributed by atoms with Crippen molar-refractivity contribution < 1.29 is 4.79 Å². The van der Waals surface area contributed by atoms with Crippen LogP contribution in [0.2, 0.25) is 0 Å². The van der Waals surface area contributed by atoms with Crippen LogP contribution in [-0.2, 0) is 6.54 Å². The van der Waals surface area contributed by atoms with Gasteiger partial charge in [-0.3, -0.25) is 9.89 Å². The molecule has 2 aromatic carbocycles. The minimum absolute atomic E-state index is 0.199. The van der Waals surface area contributed by atoms with Crippen LogP contribution in [0.5, 0.6) is 0 Å². The van der Waals surface area contributed by atoms with Crippen molar-refractivity contribution in [3.05, 3.63) is 95.9 Å². The number of para-hydroxylation sites is 1. The maximum atomic E-state index is 12.5. The van der Waals surface area contributed by atoms with Crippen LogP contribution in [0.3, 0.4) is 0 Å². The molecule has 0 bridgehead atoms. The fourth-order valence-corrected chi connectivity index (χ4v) is 3.93. The number of hydrogen-bond donors (Lipinski definition) is 2. The van der Waals surface area contributed by atoms with Gasteiger partial charge >= 0.3 is 0 Å². The fourth-order valence-electron chi connectivity index (χ4n) is 3.16. The number of aromatic amines is 1. The van der Waals surface area contributed by atoms with Gasteiger partial charge in [0.2, 0.25) is 0 Å². The third-order valence-electron chi connectivity index (χ3n) is 4.81. The van der Waals surface area contributed by atoms with Crippen LogP contribution >= 0.6 is 11.3 Å². The van der Waals surface area contributed by atoms with E-state index in [2.05, 4.69) is 25.6 Å². The number of thiazole rings is 1. The van der Waals surface area contributed by atoms with E-state index < -0.39 is 0 Å². The SMILES string of the molecule is O=C(NCc1ccc(-c2ccn[nH]2)cc1)c1csc(-c2cnn(-c3ccccc3)c2)n1. The molecule has 0 aliphatic rings. The zero-order valence-electron chi connectivity index (χ0n) is 16.4. The van der Waals surface area contributed by atoms with E-state index in [1.807, 2.05) is 66.9 Å². The smallest absolute Gasteiger partial charge is 0.271 e. The van der Waals surface area contributed by atoms with E-state index in [-0.39, 0.29) is 5.91 Å². The van der Waals surface area contributed by atoms with Crippen LogP contribution < -0.4 is 5.32 Å². The molecule has 0 spiro atoms. The summed E-state index contributed by atoms with van der Waals surface area (Å²) in [4.78, 5) is 17.0. The molecule has 7 nitrogen and oxygen atoms in total. The van der Waals surface area contributed by atoms with Crippen LogP contribution in [0.4, 0.5) is 0 Å². The van der Waals surface area contributed by atoms with Crippen molar-refractivity contribution in [2.24, 2.45) is 0 Å². The number of carbonyl (C=O) groups excluding carboxylic acids is 1. The molecular formula is C23H18N6OS. The van der Waals surface area contributed by atoms with Gasteiger partial charge < -0.3 is 5.32 Å². The number of nitrogens with one attached hydrogen (secondary N) is 2. The van der Waals surface area contributed by atoms with E-state index in [1.54, 1.807) is 22.5 Å². The lowest BCUT2D eigenvalue weighted by atomic mass is 10.1. The topological polar surface area (TPSA) is 88.5 Å². The van der Waals surface area contributed by atoms with E-state index in [0.717, 1.165) is 33.1 Å². The Kier molecular flexibility index (Phi) is 5.12. The fraction of sp³-hybridized carbons (Fsp3) is 0.0435. The van der Waals surface area contributed by atoms with Gasteiger partial charge in [-0.05, 0) is 29.3 Å². The maximum Gasteiger partial charge on any atom is 0.271 e. The van der Waals surface area contributed by atoms with Gasteiger partial charge in [-0.2, -0.15) is 10.2 Å². The van der Waals surface area contributed by atoms with Crippen molar-refractivity contribution in [3.8, 4) is 27.5 Å². The van der Waals surface area contributed by atoms with Crippen molar-refractivity contribution in [2.75, 3.05) is 0 Å². The molecule has 0 aliphatic carbocycles. The number of nitrogens with zero attached hydrogens (tertiary/aromatic N) is 4. The van der Waals surface area contributed by atoms with Crippen molar-refractivity contribution in [2.45, 2.75) is 6.54 Å². The highest BCUT2D eigenvalue weighted by molar-refractivity contribution is 7.13. The van der Waals surface area contributed by atoms with E-state index in [1.165, 1.54) is 11.3 Å². The summed E-state index contributed by atoms with van der Waals surface area (Å²) in [5.74, 6) is -0.199. The average Bonchev–Trinajstić information content (AvgIpc) is 3.59. The highest BCUT2D eigenvalue weighted by Crippen LogP contribution is 2.24. The Morgan fingerprint density at radius 3 is 2.65 bits per heavy atom. The van der Waals surface area contributed by atoms with Gasteiger partial charge in [-0.25, -0.2) is 9.67 Å². The van der Waals surface area contributed by atoms with Crippen LogP contribution in [0.1, 0.15) is 16.1 Å². The second-order valence-electron chi connectivity index (χ2n) is 6.90. The largest absolute Gasteiger partial charge is 0.347 e. The number of hydrogen-bond acceptors (Lipinski definition) is 5. The minimum atomic E-state index is -0.199. The molecule has 1 amide bonds. The summed E-state index contributed by atoms with van der Waals surface area (Å²) >= 11 is 1.43. The Bertz CT molecular complexity index is 1290. The van der Waals surface area contributed by atoms with Crippen molar-refractivity contribution in [1.29, 1.82) is 0 Å². The summed E-state index contributed by atoms with van der Waals surface area (Å²) in [6, 6.07) is 19.8. The number of aromatic nitrogens is 5. The first-order valence-electron chi connectivity index (χ1n) is 9.69. The molecule has 0 saturated carbocycles. The van der Waals surface area contributed by atoms with E-state index >= 15 is 0 Å². The Morgan fingerprint density at radius 1 is 1.03 bits per heavy atom. The van der Waals surface area contributed by atoms with E-state index in [0.29, 0.717) is 12.2 Å². The van der Waals surface area contributed by atoms with Crippen molar-refractivity contribution in [1.82, 2.24) is 30.3 Å². The second-order valence-corrected chi connectivity index (χ2v) is 7.76. The van der Waals surface area contributed by atoms with E-state index in [9.17, 15) is 4.79 Å². The molecule has 0 fully saturated rings. The van der Waals surface area contributed by atoms with Gasteiger partial charge in [-0.15, -0.1) is 11.3 Å². The number of carbonyl (C=O) groups is 1. The molecule has 5 rings (SSSR count). The Hall–Kier alpha value is -4.04. The third-order valence-corrected chi connectivity index (χ3v) is 5.70. The maximum absolute atomic E-state index is 12.5. The molecule has 0 unspecified atom stereocenters. The number of amides is 1. The highest BCUT2D eigenvalue weighted by Gasteiger charge is 2.13.